The van der Waals surface area contributed by atoms with Gasteiger partial charge in [-0.15, -0.1) is 11.3 Å². The first kappa shape index (κ1) is 17.0. The minimum Gasteiger partial charge on any atom is -0.370 e. The van der Waals surface area contributed by atoms with E-state index >= 15 is 0 Å². The number of rotatable bonds is 5. The predicted octanol–water partition coefficient (Wildman–Crippen LogP) is 3.70. The third kappa shape index (κ3) is 3.66. The fourth-order valence-electron chi connectivity index (χ4n) is 2.45. The first-order valence-corrected chi connectivity index (χ1v) is 8.31. The summed E-state index contributed by atoms with van der Waals surface area (Å²) in [6, 6.07) is 11.5. The monoisotopic (exact) mass is 360 g/mol. The highest BCUT2D eigenvalue weighted by molar-refractivity contribution is 7.20. The number of hydrogen-bond acceptors (Lipinski definition) is 3. The molecule has 3 aromatic rings. The fraction of sp³-hybridized carbons (Fsp3) is 0.111. The molecule has 0 aliphatic heterocycles. The van der Waals surface area contributed by atoms with Crippen molar-refractivity contribution in [2.24, 2.45) is 5.73 Å². The summed E-state index contributed by atoms with van der Waals surface area (Å²) in [4.78, 5) is 25.7. The molecule has 0 saturated heterocycles. The lowest BCUT2D eigenvalue weighted by molar-refractivity contribution is -0.117. The molecule has 2 amide bonds. The van der Waals surface area contributed by atoms with Crippen LogP contribution in [0.4, 0.5) is 14.5 Å². The van der Waals surface area contributed by atoms with E-state index in [-0.39, 0.29) is 13.0 Å². The first-order valence-electron chi connectivity index (χ1n) is 7.49. The van der Waals surface area contributed by atoms with Gasteiger partial charge in [-0.3, -0.25) is 9.59 Å². The summed E-state index contributed by atoms with van der Waals surface area (Å²) in [6.45, 7) is 0.0521. The molecule has 2 aromatic carbocycles. The molecule has 7 heteroatoms. The molecule has 2 N–H and O–H groups in total. The third-order valence-electron chi connectivity index (χ3n) is 3.68. The van der Waals surface area contributed by atoms with Crippen LogP contribution in [0.2, 0.25) is 0 Å². The van der Waals surface area contributed by atoms with Gasteiger partial charge in [0, 0.05) is 28.7 Å². The minimum absolute atomic E-state index is 0.0393. The molecule has 1 heterocycles. The number of carbonyl (C=O) groups is 2. The molecular formula is C18H14F2N2O2S. The smallest absolute Gasteiger partial charge is 0.268 e. The highest BCUT2D eigenvalue weighted by Crippen LogP contribution is 2.29. The molecule has 4 nitrogen and oxygen atoms in total. The summed E-state index contributed by atoms with van der Waals surface area (Å²) in [5.74, 6) is -1.79. The molecule has 0 spiro atoms. The lowest BCUT2D eigenvalue weighted by atomic mass is 10.2. The molecule has 0 aliphatic carbocycles. The third-order valence-corrected chi connectivity index (χ3v) is 4.77. The highest BCUT2D eigenvalue weighted by Gasteiger charge is 2.21. The Morgan fingerprint density at radius 1 is 1.08 bits per heavy atom. The number of benzene rings is 2. The SMILES string of the molecule is NC(=O)CCN(C(=O)c1cc2c(F)cccc2s1)c1ccc(F)cc1. The standard InChI is InChI=1S/C18H14F2N2O2S/c19-11-4-6-12(7-5-11)22(9-8-17(21)23)18(24)16-10-13-14(20)2-1-3-15(13)25-16/h1-7,10H,8-9H2,(H2,21,23). The summed E-state index contributed by atoms with van der Waals surface area (Å²) < 4.78 is 27.7. The molecule has 0 radical (unpaired) electrons. The molecule has 0 aliphatic rings. The number of nitrogens with zero attached hydrogens (tertiary/aromatic N) is 1. The van der Waals surface area contributed by atoms with E-state index in [1.807, 2.05) is 0 Å². The van der Waals surface area contributed by atoms with Gasteiger partial charge < -0.3 is 10.6 Å². The average Bonchev–Trinajstić information content (AvgIpc) is 3.02. The zero-order chi connectivity index (χ0) is 18.0. The molecule has 128 valence electrons. The molecule has 0 fully saturated rings. The summed E-state index contributed by atoms with van der Waals surface area (Å²) >= 11 is 1.16. The van der Waals surface area contributed by atoms with Crippen LogP contribution in [0.1, 0.15) is 16.1 Å². The van der Waals surface area contributed by atoms with Crippen molar-refractivity contribution in [3.05, 3.63) is 65.0 Å². The number of nitrogens with two attached hydrogens (primary N) is 1. The first-order chi connectivity index (χ1) is 12.0. The number of carbonyl (C=O) groups excluding carboxylic acids is 2. The second-order valence-electron chi connectivity index (χ2n) is 5.41. The zero-order valence-electron chi connectivity index (χ0n) is 13.0. The van der Waals surface area contributed by atoms with Crippen LogP contribution in [0.15, 0.2) is 48.5 Å². The van der Waals surface area contributed by atoms with E-state index in [1.54, 1.807) is 12.1 Å². The molecule has 0 saturated carbocycles. The van der Waals surface area contributed by atoms with Gasteiger partial charge in [-0.2, -0.15) is 0 Å². The molecule has 3 rings (SSSR count). The maximum Gasteiger partial charge on any atom is 0.268 e. The Balaban J connectivity index is 1.98. The fourth-order valence-corrected chi connectivity index (χ4v) is 3.48. The summed E-state index contributed by atoms with van der Waals surface area (Å²) in [6.07, 6.45) is -0.0393. The molecule has 0 bridgehead atoms. The van der Waals surface area contributed by atoms with Gasteiger partial charge in [-0.05, 0) is 42.5 Å². The quantitative estimate of drug-likeness (QED) is 0.754. The van der Waals surface area contributed by atoms with E-state index in [0.29, 0.717) is 20.7 Å². The van der Waals surface area contributed by atoms with Crippen molar-refractivity contribution in [3.63, 3.8) is 0 Å². The van der Waals surface area contributed by atoms with Crippen LogP contribution in [0.3, 0.4) is 0 Å². The van der Waals surface area contributed by atoms with Crippen LogP contribution >= 0.6 is 11.3 Å². The van der Waals surface area contributed by atoms with Gasteiger partial charge in [0.05, 0.1) is 4.88 Å². The largest absolute Gasteiger partial charge is 0.370 e. The zero-order valence-corrected chi connectivity index (χ0v) is 13.9. The maximum absolute atomic E-state index is 13.9. The van der Waals surface area contributed by atoms with Gasteiger partial charge in [0.2, 0.25) is 5.91 Å². The van der Waals surface area contributed by atoms with E-state index in [4.69, 9.17) is 5.73 Å². The number of hydrogen-bond donors (Lipinski definition) is 1. The normalized spacial score (nSPS) is 10.8. The average molecular weight is 360 g/mol. The van der Waals surface area contributed by atoms with E-state index < -0.39 is 23.4 Å². The van der Waals surface area contributed by atoms with Crippen LogP contribution in [0.5, 0.6) is 0 Å². The highest BCUT2D eigenvalue weighted by atomic mass is 32.1. The van der Waals surface area contributed by atoms with Crippen molar-refractivity contribution in [2.75, 3.05) is 11.4 Å². The van der Waals surface area contributed by atoms with Gasteiger partial charge in [0.15, 0.2) is 0 Å². The predicted molar refractivity (Wildman–Crippen MR) is 93.7 cm³/mol. The van der Waals surface area contributed by atoms with Crippen molar-refractivity contribution in [1.82, 2.24) is 0 Å². The van der Waals surface area contributed by atoms with E-state index in [9.17, 15) is 18.4 Å². The van der Waals surface area contributed by atoms with Crippen molar-refractivity contribution < 1.29 is 18.4 Å². The molecule has 25 heavy (non-hydrogen) atoms. The molecule has 0 unspecified atom stereocenters. The van der Waals surface area contributed by atoms with Crippen LogP contribution < -0.4 is 10.6 Å². The lowest BCUT2D eigenvalue weighted by Gasteiger charge is -2.21. The Hall–Kier alpha value is -2.80. The summed E-state index contributed by atoms with van der Waals surface area (Å²) in [5, 5.41) is 0.366. The summed E-state index contributed by atoms with van der Waals surface area (Å²) in [5.41, 5.74) is 5.61. The molecule has 0 atom stereocenters. The number of amides is 2. The lowest BCUT2D eigenvalue weighted by Crippen LogP contribution is -2.33. The topological polar surface area (TPSA) is 63.4 Å². The summed E-state index contributed by atoms with van der Waals surface area (Å²) in [7, 11) is 0. The Kier molecular flexibility index (Phi) is 4.76. The van der Waals surface area contributed by atoms with Crippen molar-refractivity contribution in [2.45, 2.75) is 6.42 Å². The Morgan fingerprint density at radius 2 is 1.80 bits per heavy atom. The number of fused-ring (bicyclic) bond motifs is 1. The van der Waals surface area contributed by atoms with E-state index in [0.717, 1.165) is 11.3 Å². The van der Waals surface area contributed by atoms with Gasteiger partial charge in [0.25, 0.3) is 5.91 Å². The number of halogens is 2. The molecule has 1 aromatic heterocycles. The van der Waals surface area contributed by atoms with Gasteiger partial charge >= 0.3 is 0 Å². The van der Waals surface area contributed by atoms with Crippen LogP contribution in [0, 0.1) is 11.6 Å². The second kappa shape index (κ2) is 6.98. The van der Waals surface area contributed by atoms with Gasteiger partial charge in [-0.1, -0.05) is 6.07 Å². The van der Waals surface area contributed by atoms with Crippen LogP contribution in [-0.4, -0.2) is 18.4 Å². The minimum atomic E-state index is -0.553. The van der Waals surface area contributed by atoms with Crippen LogP contribution in [0.25, 0.3) is 10.1 Å². The number of anilines is 1. The number of primary amides is 1. The maximum atomic E-state index is 13.9. The van der Waals surface area contributed by atoms with E-state index in [2.05, 4.69) is 0 Å². The van der Waals surface area contributed by atoms with Gasteiger partial charge in [0.1, 0.15) is 11.6 Å². The van der Waals surface area contributed by atoms with Gasteiger partial charge in [-0.25, -0.2) is 8.78 Å². The van der Waals surface area contributed by atoms with Crippen LogP contribution in [-0.2, 0) is 4.79 Å². The number of thiophene rings is 1. The second-order valence-corrected chi connectivity index (χ2v) is 6.50. The van der Waals surface area contributed by atoms with Crippen molar-refractivity contribution >= 4 is 38.9 Å². The Bertz CT molecular complexity index is 938. The van der Waals surface area contributed by atoms with Crippen molar-refractivity contribution in [1.29, 1.82) is 0 Å². The Labute approximate surface area is 146 Å². The molecular weight excluding hydrogens is 346 g/mol. The Morgan fingerprint density at radius 3 is 2.44 bits per heavy atom. The van der Waals surface area contributed by atoms with Crippen molar-refractivity contribution in [3.8, 4) is 0 Å². The van der Waals surface area contributed by atoms with E-state index in [1.165, 1.54) is 41.3 Å².